The molecule has 4 aromatic rings. The number of methoxy groups -OCH3 is 3. The molecular formula is C19H15NO5S. The third kappa shape index (κ3) is 2.40. The summed E-state index contributed by atoms with van der Waals surface area (Å²) in [6, 6.07) is 6.67. The number of fused-ring (bicyclic) bond motifs is 3. The summed E-state index contributed by atoms with van der Waals surface area (Å²) in [5, 5.41) is 3.53. The number of hydrogen-bond acceptors (Lipinski definition) is 7. The van der Waals surface area contributed by atoms with Crippen molar-refractivity contribution in [1.29, 1.82) is 0 Å². The Bertz CT molecular complexity index is 1160. The highest BCUT2D eigenvalue weighted by Crippen LogP contribution is 2.43. The number of ether oxygens (including phenoxy) is 3. The molecule has 26 heavy (non-hydrogen) atoms. The van der Waals surface area contributed by atoms with Gasteiger partial charge in [-0.2, -0.15) is 0 Å². The second-order valence-corrected chi connectivity index (χ2v) is 6.24. The van der Waals surface area contributed by atoms with Gasteiger partial charge in [0.05, 0.1) is 43.0 Å². The van der Waals surface area contributed by atoms with Crippen molar-refractivity contribution in [1.82, 2.24) is 4.98 Å². The fraction of sp³-hybridized carbons (Fsp3) is 0.158. The van der Waals surface area contributed by atoms with Crippen molar-refractivity contribution >= 4 is 33.1 Å². The molecule has 6 nitrogen and oxygen atoms in total. The molecule has 0 saturated heterocycles. The van der Waals surface area contributed by atoms with Crippen LogP contribution in [0.2, 0.25) is 0 Å². The predicted octanol–water partition coefficient (Wildman–Crippen LogP) is 4.10. The number of hydrogen-bond donors (Lipinski definition) is 0. The van der Waals surface area contributed by atoms with Gasteiger partial charge in [0.25, 0.3) is 0 Å². The van der Waals surface area contributed by atoms with Gasteiger partial charge in [-0.1, -0.05) is 0 Å². The predicted molar refractivity (Wildman–Crippen MR) is 101 cm³/mol. The molecule has 7 heteroatoms. The minimum Gasteiger partial charge on any atom is -0.496 e. The van der Waals surface area contributed by atoms with Gasteiger partial charge in [-0.15, -0.1) is 11.3 Å². The van der Waals surface area contributed by atoms with E-state index in [-0.39, 0.29) is 5.43 Å². The number of rotatable bonds is 4. The molecule has 0 aliphatic heterocycles. The summed E-state index contributed by atoms with van der Waals surface area (Å²) in [7, 11) is 4.69. The van der Waals surface area contributed by atoms with E-state index in [9.17, 15) is 4.79 Å². The van der Waals surface area contributed by atoms with E-state index in [1.165, 1.54) is 17.4 Å². The third-order valence-corrected chi connectivity index (χ3v) is 4.79. The zero-order chi connectivity index (χ0) is 18.3. The number of benzene rings is 2. The summed E-state index contributed by atoms with van der Waals surface area (Å²) in [5.74, 6) is 2.07. The molecule has 2 aromatic heterocycles. The second-order valence-electron chi connectivity index (χ2n) is 5.52. The smallest absolute Gasteiger partial charge is 0.193 e. The summed E-state index contributed by atoms with van der Waals surface area (Å²) in [4.78, 5) is 17.0. The van der Waals surface area contributed by atoms with Crippen LogP contribution in [0.15, 0.2) is 44.4 Å². The van der Waals surface area contributed by atoms with Crippen LogP contribution >= 0.6 is 11.3 Å². The van der Waals surface area contributed by atoms with E-state index in [0.717, 1.165) is 0 Å². The van der Waals surface area contributed by atoms with Gasteiger partial charge in [0.2, 0.25) is 0 Å². The van der Waals surface area contributed by atoms with Gasteiger partial charge in [0.1, 0.15) is 22.9 Å². The summed E-state index contributed by atoms with van der Waals surface area (Å²) < 4.78 is 22.6. The fourth-order valence-electron chi connectivity index (χ4n) is 3.02. The zero-order valence-electron chi connectivity index (χ0n) is 14.4. The second kappa shape index (κ2) is 6.34. The van der Waals surface area contributed by atoms with E-state index < -0.39 is 0 Å². The SMILES string of the molecule is COc1ccc(OC)c2c1c(OC)cc1c(=O)cc(-c3cscn3)oc12. The monoisotopic (exact) mass is 369 g/mol. The Morgan fingerprint density at radius 1 is 0.962 bits per heavy atom. The van der Waals surface area contributed by atoms with E-state index in [0.29, 0.717) is 50.4 Å². The molecule has 132 valence electrons. The van der Waals surface area contributed by atoms with Crippen LogP contribution in [0.3, 0.4) is 0 Å². The van der Waals surface area contributed by atoms with Crippen LogP contribution in [-0.4, -0.2) is 26.3 Å². The topological polar surface area (TPSA) is 70.8 Å². The van der Waals surface area contributed by atoms with E-state index >= 15 is 0 Å². The highest BCUT2D eigenvalue weighted by molar-refractivity contribution is 7.07. The highest BCUT2D eigenvalue weighted by Gasteiger charge is 2.20. The molecule has 2 aromatic carbocycles. The van der Waals surface area contributed by atoms with Crippen LogP contribution in [0.5, 0.6) is 17.2 Å². The first-order valence-corrected chi connectivity index (χ1v) is 8.70. The van der Waals surface area contributed by atoms with E-state index in [4.69, 9.17) is 18.6 Å². The van der Waals surface area contributed by atoms with Crippen molar-refractivity contribution in [3.8, 4) is 28.7 Å². The lowest BCUT2D eigenvalue weighted by Gasteiger charge is -2.15. The maximum absolute atomic E-state index is 12.7. The Kier molecular flexibility index (Phi) is 4.00. The minimum atomic E-state index is -0.181. The molecular weight excluding hydrogens is 354 g/mol. The Balaban J connectivity index is 2.23. The quantitative estimate of drug-likeness (QED) is 0.505. The van der Waals surface area contributed by atoms with E-state index in [1.807, 2.05) is 5.38 Å². The molecule has 0 saturated carbocycles. The van der Waals surface area contributed by atoms with Crippen LogP contribution in [-0.2, 0) is 0 Å². The summed E-state index contributed by atoms with van der Waals surface area (Å²) in [6.07, 6.45) is 0. The number of aromatic nitrogens is 1. The lowest BCUT2D eigenvalue weighted by atomic mass is 10.0. The van der Waals surface area contributed by atoms with Crippen LogP contribution in [0.25, 0.3) is 33.2 Å². The van der Waals surface area contributed by atoms with Crippen LogP contribution in [0.4, 0.5) is 0 Å². The van der Waals surface area contributed by atoms with Gasteiger partial charge in [0, 0.05) is 11.4 Å². The molecule has 0 N–H and O–H groups in total. The molecule has 0 bridgehead atoms. The molecule has 0 fully saturated rings. The number of nitrogens with zero attached hydrogens (tertiary/aromatic N) is 1. The lowest BCUT2D eigenvalue weighted by Crippen LogP contribution is -2.03. The van der Waals surface area contributed by atoms with Gasteiger partial charge in [-0.05, 0) is 18.2 Å². The molecule has 0 radical (unpaired) electrons. The maximum atomic E-state index is 12.7. The lowest BCUT2D eigenvalue weighted by molar-refractivity contribution is 0.400. The molecule has 0 spiro atoms. The standard InChI is InChI=1S/C19H15NO5S/c1-22-13-4-5-14(23-2)18-17(13)16(24-3)6-10-12(21)7-15(25-19(10)18)11-8-26-9-20-11/h4-9H,1-3H3. The summed E-state index contributed by atoms with van der Waals surface area (Å²) >= 11 is 1.43. The average Bonchev–Trinajstić information content (AvgIpc) is 3.21. The highest BCUT2D eigenvalue weighted by atomic mass is 32.1. The molecule has 4 rings (SSSR count). The van der Waals surface area contributed by atoms with Gasteiger partial charge in [0.15, 0.2) is 16.8 Å². The van der Waals surface area contributed by atoms with Gasteiger partial charge in [-0.25, -0.2) is 4.98 Å². The summed E-state index contributed by atoms with van der Waals surface area (Å²) in [6.45, 7) is 0. The largest absolute Gasteiger partial charge is 0.496 e. The van der Waals surface area contributed by atoms with E-state index in [1.54, 1.807) is 45.0 Å². The maximum Gasteiger partial charge on any atom is 0.193 e. The zero-order valence-corrected chi connectivity index (χ0v) is 15.2. The van der Waals surface area contributed by atoms with Gasteiger partial charge >= 0.3 is 0 Å². The Morgan fingerprint density at radius 3 is 2.27 bits per heavy atom. The summed E-state index contributed by atoms with van der Waals surface area (Å²) in [5.41, 5.74) is 2.53. The van der Waals surface area contributed by atoms with Crippen molar-refractivity contribution in [2.45, 2.75) is 0 Å². The average molecular weight is 369 g/mol. The molecule has 0 atom stereocenters. The first-order chi connectivity index (χ1) is 12.7. The van der Waals surface area contributed by atoms with Crippen LogP contribution in [0.1, 0.15) is 0 Å². The molecule has 0 unspecified atom stereocenters. The normalized spacial score (nSPS) is 11.0. The first-order valence-electron chi connectivity index (χ1n) is 7.76. The van der Waals surface area contributed by atoms with Gasteiger partial charge < -0.3 is 18.6 Å². The minimum absolute atomic E-state index is 0.181. The van der Waals surface area contributed by atoms with Crippen molar-refractivity contribution in [3.63, 3.8) is 0 Å². The molecule has 2 heterocycles. The van der Waals surface area contributed by atoms with Crippen LogP contribution < -0.4 is 19.6 Å². The number of thiazole rings is 1. The van der Waals surface area contributed by atoms with Gasteiger partial charge in [-0.3, -0.25) is 4.79 Å². The molecule has 0 aliphatic rings. The van der Waals surface area contributed by atoms with Crippen molar-refractivity contribution < 1.29 is 18.6 Å². The molecule has 0 amide bonds. The van der Waals surface area contributed by atoms with Crippen molar-refractivity contribution in [2.24, 2.45) is 0 Å². The van der Waals surface area contributed by atoms with Crippen molar-refractivity contribution in [2.75, 3.05) is 21.3 Å². The fourth-order valence-corrected chi connectivity index (χ4v) is 3.57. The first kappa shape index (κ1) is 16.4. The third-order valence-electron chi connectivity index (χ3n) is 4.21. The Morgan fingerprint density at radius 2 is 1.65 bits per heavy atom. The Hall–Kier alpha value is -3.06. The van der Waals surface area contributed by atoms with E-state index in [2.05, 4.69) is 4.98 Å². The Labute approximate surface area is 152 Å². The van der Waals surface area contributed by atoms with Crippen LogP contribution in [0, 0.1) is 0 Å². The molecule has 0 aliphatic carbocycles. The van der Waals surface area contributed by atoms with Crippen molar-refractivity contribution in [3.05, 3.63) is 45.4 Å².